The van der Waals surface area contributed by atoms with Gasteiger partial charge in [0.25, 0.3) is 0 Å². The lowest BCUT2D eigenvalue weighted by Crippen LogP contribution is -2.25. The van der Waals surface area contributed by atoms with Crippen LogP contribution in [0.2, 0.25) is 0 Å². The van der Waals surface area contributed by atoms with Gasteiger partial charge >= 0.3 is 5.97 Å². The van der Waals surface area contributed by atoms with Gasteiger partial charge in [0.15, 0.2) is 0 Å². The van der Waals surface area contributed by atoms with E-state index in [2.05, 4.69) is 6.07 Å². The molecule has 4 heteroatoms. The first kappa shape index (κ1) is 12.9. The zero-order valence-corrected chi connectivity index (χ0v) is 10.6. The lowest BCUT2D eigenvalue weighted by Gasteiger charge is -2.16. The van der Waals surface area contributed by atoms with E-state index in [1.807, 2.05) is 12.1 Å². The van der Waals surface area contributed by atoms with Gasteiger partial charge in [0.05, 0.1) is 7.11 Å². The van der Waals surface area contributed by atoms with Gasteiger partial charge in [0, 0.05) is 12.5 Å². The molecule has 2 rings (SSSR count). The second-order valence-corrected chi connectivity index (χ2v) is 4.83. The number of nitrogens with two attached hydrogens (primary N) is 1. The van der Waals surface area contributed by atoms with Crippen molar-refractivity contribution < 1.29 is 14.6 Å². The van der Waals surface area contributed by atoms with Gasteiger partial charge < -0.3 is 15.6 Å². The van der Waals surface area contributed by atoms with Crippen molar-refractivity contribution in [2.24, 2.45) is 5.73 Å². The fourth-order valence-corrected chi connectivity index (χ4v) is 2.72. The number of hydrogen-bond acceptors (Lipinski definition) is 3. The van der Waals surface area contributed by atoms with Crippen LogP contribution in [-0.2, 0) is 11.2 Å². The second-order valence-electron chi connectivity index (χ2n) is 4.83. The molecule has 2 atom stereocenters. The summed E-state index contributed by atoms with van der Waals surface area (Å²) < 4.78 is 5.20. The molecular weight excluding hydrogens is 230 g/mol. The Bertz CT molecular complexity index is 445. The summed E-state index contributed by atoms with van der Waals surface area (Å²) in [5.41, 5.74) is 8.65. The maximum Gasteiger partial charge on any atom is 0.303 e. The predicted molar refractivity (Wildman–Crippen MR) is 68.9 cm³/mol. The van der Waals surface area contributed by atoms with E-state index in [9.17, 15) is 4.79 Å². The first-order valence-corrected chi connectivity index (χ1v) is 6.26. The molecule has 18 heavy (non-hydrogen) atoms. The summed E-state index contributed by atoms with van der Waals surface area (Å²) in [6.07, 6.45) is 2.59. The minimum atomic E-state index is -0.739. The van der Waals surface area contributed by atoms with Crippen molar-refractivity contribution in [2.45, 2.75) is 37.6 Å². The average Bonchev–Trinajstić information content (AvgIpc) is 2.64. The summed E-state index contributed by atoms with van der Waals surface area (Å²) in [7, 11) is 1.65. The second kappa shape index (κ2) is 5.40. The number of fused-ring (bicyclic) bond motifs is 1. The van der Waals surface area contributed by atoms with Crippen LogP contribution in [0.3, 0.4) is 0 Å². The Kier molecular flexibility index (Phi) is 3.87. The van der Waals surface area contributed by atoms with Crippen LogP contribution in [0.1, 0.15) is 36.3 Å². The van der Waals surface area contributed by atoms with Crippen LogP contribution in [0.15, 0.2) is 18.2 Å². The Morgan fingerprint density at radius 2 is 2.33 bits per heavy atom. The SMILES string of the molecule is COc1ccc2c(c1)CC(N)C2CCCC(=O)O. The molecular formula is C14H19NO3. The molecule has 0 fully saturated rings. The van der Waals surface area contributed by atoms with Crippen LogP contribution in [0.25, 0.3) is 0 Å². The van der Waals surface area contributed by atoms with Gasteiger partial charge in [-0.2, -0.15) is 0 Å². The Balaban J connectivity index is 2.08. The van der Waals surface area contributed by atoms with Crippen molar-refractivity contribution in [2.75, 3.05) is 7.11 Å². The summed E-state index contributed by atoms with van der Waals surface area (Å²) in [6, 6.07) is 6.14. The number of rotatable bonds is 5. The third-order valence-electron chi connectivity index (χ3n) is 3.63. The van der Waals surface area contributed by atoms with E-state index >= 15 is 0 Å². The van der Waals surface area contributed by atoms with E-state index in [1.165, 1.54) is 11.1 Å². The van der Waals surface area contributed by atoms with Gasteiger partial charge in [-0.25, -0.2) is 0 Å². The minimum Gasteiger partial charge on any atom is -0.497 e. The van der Waals surface area contributed by atoms with E-state index in [0.29, 0.717) is 6.42 Å². The Hall–Kier alpha value is -1.55. The maximum atomic E-state index is 10.5. The molecule has 1 aliphatic rings. The third kappa shape index (κ3) is 2.64. The Labute approximate surface area is 107 Å². The maximum absolute atomic E-state index is 10.5. The molecule has 4 nitrogen and oxygen atoms in total. The standard InChI is InChI=1S/C14H19NO3/c1-18-10-5-6-11-9(7-10)8-13(15)12(11)3-2-4-14(16)17/h5-7,12-13H,2-4,8,15H2,1H3,(H,16,17). The number of carboxylic acid groups (broad SMARTS) is 1. The summed E-state index contributed by atoms with van der Waals surface area (Å²) in [4.78, 5) is 10.5. The van der Waals surface area contributed by atoms with Crippen LogP contribution < -0.4 is 10.5 Å². The molecule has 0 amide bonds. The normalized spacial score (nSPS) is 21.7. The summed E-state index contributed by atoms with van der Waals surface area (Å²) in [6.45, 7) is 0. The highest BCUT2D eigenvalue weighted by molar-refractivity contribution is 5.66. The first-order valence-electron chi connectivity index (χ1n) is 6.26. The molecule has 0 aromatic heterocycles. The van der Waals surface area contributed by atoms with Gasteiger partial charge in [-0.1, -0.05) is 6.07 Å². The Morgan fingerprint density at radius 3 is 3.00 bits per heavy atom. The van der Waals surface area contributed by atoms with Crippen molar-refractivity contribution in [3.63, 3.8) is 0 Å². The average molecular weight is 249 g/mol. The van der Waals surface area contributed by atoms with E-state index < -0.39 is 5.97 Å². The smallest absolute Gasteiger partial charge is 0.303 e. The van der Waals surface area contributed by atoms with Crippen molar-refractivity contribution in [3.05, 3.63) is 29.3 Å². The number of methoxy groups -OCH3 is 1. The van der Waals surface area contributed by atoms with Gasteiger partial charge in [-0.05, 0) is 48.4 Å². The number of hydrogen-bond donors (Lipinski definition) is 2. The van der Waals surface area contributed by atoms with E-state index in [4.69, 9.17) is 15.6 Å². The highest BCUT2D eigenvalue weighted by Gasteiger charge is 2.29. The Morgan fingerprint density at radius 1 is 1.56 bits per heavy atom. The molecule has 0 saturated heterocycles. The van der Waals surface area contributed by atoms with Crippen LogP contribution >= 0.6 is 0 Å². The molecule has 98 valence electrons. The molecule has 0 saturated carbocycles. The van der Waals surface area contributed by atoms with E-state index in [-0.39, 0.29) is 18.4 Å². The van der Waals surface area contributed by atoms with Gasteiger partial charge in [-0.15, -0.1) is 0 Å². The van der Waals surface area contributed by atoms with Crippen LogP contribution in [0.4, 0.5) is 0 Å². The van der Waals surface area contributed by atoms with Crippen molar-refractivity contribution >= 4 is 5.97 Å². The van der Waals surface area contributed by atoms with E-state index in [0.717, 1.165) is 18.6 Å². The lowest BCUT2D eigenvalue weighted by molar-refractivity contribution is -0.137. The molecule has 0 aliphatic heterocycles. The zero-order chi connectivity index (χ0) is 13.1. The number of benzene rings is 1. The molecule has 3 N–H and O–H groups in total. The van der Waals surface area contributed by atoms with Gasteiger partial charge in [-0.3, -0.25) is 4.79 Å². The summed E-state index contributed by atoms with van der Waals surface area (Å²) in [5, 5.41) is 8.67. The number of aliphatic carboxylic acids is 1. The fraction of sp³-hybridized carbons (Fsp3) is 0.500. The van der Waals surface area contributed by atoms with Crippen molar-refractivity contribution in [3.8, 4) is 5.75 Å². The molecule has 0 bridgehead atoms. The van der Waals surface area contributed by atoms with Crippen molar-refractivity contribution in [1.82, 2.24) is 0 Å². The molecule has 0 heterocycles. The van der Waals surface area contributed by atoms with Gasteiger partial charge in [0.2, 0.25) is 0 Å². The van der Waals surface area contributed by atoms with Crippen molar-refractivity contribution in [1.29, 1.82) is 0 Å². The first-order chi connectivity index (χ1) is 8.61. The highest BCUT2D eigenvalue weighted by atomic mass is 16.5. The molecule has 1 aromatic carbocycles. The number of carbonyl (C=O) groups is 1. The molecule has 0 radical (unpaired) electrons. The van der Waals surface area contributed by atoms with Crippen LogP contribution in [-0.4, -0.2) is 24.2 Å². The monoisotopic (exact) mass is 249 g/mol. The largest absolute Gasteiger partial charge is 0.497 e. The number of ether oxygens (including phenoxy) is 1. The lowest BCUT2D eigenvalue weighted by atomic mass is 9.93. The highest BCUT2D eigenvalue weighted by Crippen LogP contribution is 2.37. The minimum absolute atomic E-state index is 0.0981. The van der Waals surface area contributed by atoms with Crippen LogP contribution in [0.5, 0.6) is 5.75 Å². The molecule has 2 unspecified atom stereocenters. The van der Waals surface area contributed by atoms with Crippen LogP contribution in [0, 0.1) is 0 Å². The molecule has 1 aliphatic carbocycles. The molecule has 1 aromatic rings. The predicted octanol–water partition coefficient (Wildman–Crippen LogP) is 1.92. The zero-order valence-electron chi connectivity index (χ0n) is 10.6. The van der Waals surface area contributed by atoms with E-state index in [1.54, 1.807) is 7.11 Å². The van der Waals surface area contributed by atoms with Gasteiger partial charge in [0.1, 0.15) is 5.75 Å². The summed E-state index contributed by atoms with van der Waals surface area (Å²) in [5.74, 6) is 0.397. The quantitative estimate of drug-likeness (QED) is 0.836. The molecule has 0 spiro atoms. The fourth-order valence-electron chi connectivity index (χ4n) is 2.72. The topological polar surface area (TPSA) is 72.5 Å². The number of carboxylic acids is 1. The third-order valence-corrected chi connectivity index (χ3v) is 3.63. The summed E-state index contributed by atoms with van der Waals surface area (Å²) >= 11 is 0.